The van der Waals surface area contributed by atoms with Crippen LogP contribution in [0.1, 0.15) is 147 Å². The number of hydrogen-bond acceptors (Lipinski definition) is 16. The first-order valence-electron chi connectivity index (χ1n) is 32.6. The molecule has 0 fully saturated rings. The number of nitrogens with one attached hydrogen (secondary N) is 11. The number of fused-ring (bicyclic) bond motifs is 2. The van der Waals surface area contributed by atoms with Crippen LogP contribution >= 0.6 is 0 Å². The summed E-state index contributed by atoms with van der Waals surface area (Å²) in [5.74, 6) is -7.30. The highest BCUT2D eigenvalue weighted by molar-refractivity contribution is 7.90. The average Bonchev–Trinajstić information content (AvgIpc) is 1.72. The number of sulfonamides is 2. The van der Waals surface area contributed by atoms with Gasteiger partial charge < -0.3 is 62.6 Å². The maximum absolute atomic E-state index is 14.8. The lowest BCUT2D eigenvalue weighted by atomic mass is 9.77. The fourth-order valence-electron chi connectivity index (χ4n) is 12.5. The van der Waals surface area contributed by atoms with Crippen LogP contribution in [0.2, 0.25) is 0 Å². The first-order chi connectivity index (χ1) is 46.4. The van der Waals surface area contributed by atoms with Crippen LogP contribution < -0.4 is 61.9 Å². The summed E-state index contributed by atoms with van der Waals surface area (Å²) in [5, 5.41) is 54.8. The second-order valence-electron chi connectivity index (χ2n) is 26.4. The van der Waals surface area contributed by atoms with Gasteiger partial charge in [-0.1, -0.05) is 91.0 Å². The van der Waals surface area contributed by atoms with Crippen molar-refractivity contribution in [2.45, 2.75) is 197 Å². The minimum Gasteiger partial charge on any atom is -0.487 e. The van der Waals surface area contributed by atoms with E-state index in [0.29, 0.717) is 57.7 Å². The molecule has 5 aromatic rings. The monoisotopic (exact) mass is 1400 g/mol. The number of benzene rings is 5. The summed E-state index contributed by atoms with van der Waals surface area (Å²) >= 11 is 0. The number of hydrogen-bond donors (Lipinski definition) is 14. The quantitative estimate of drug-likeness (QED) is 0.0121. The summed E-state index contributed by atoms with van der Waals surface area (Å²) in [6.45, 7) is 18.6. The Bertz CT molecular complexity index is 4040. The van der Waals surface area contributed by atoms with Crippen molar-refractivity contribution in [2.24, 2.45) is 5.73 Å². The first-order valence-corrected chi connectivity index (χ1v) is 35.6. The molecule has 0 aromatic heterocycles. The Balaban J connectivity index is 1.11. The molecule has 5 amide bonds. The van der Waals surface area contributed by atoms with Gasteiger partial charge in [-0.15, -0.1) is 0 Å². The molecule has 2 aliphatic rings. The summed E-state index contributed by atoms with van der Waals surface area (Å²) in [6, 6.07) is 20.2. The third-order valence-electron chi connectivity index (χ3n) is 17.8. The van der Waals surface area contributed by atoms with Crippen molar-refractivity contribution < 1.29 is 70.1 Å². The predicted molar refractivity (Wildman–Crippen MR) is 371 cm³/mol. The van der Waals surface area contributed by atoms with Crippen molar-refractivity contribution in [1.29, 1.82) is 10.8 Å². The normalized spacial score (nSPS) is 15.1. The van der Waals surface area contributed by atoms with Crippen molar-refractivity contribution in [1.82, 2.24) is 46.7 Å². The molecule has 99 heavy (non-hydrogen) atoms. The van der Waals surface area contributed by atoms with Crippen molar-refractivity contribution >= 4 is 73.4 Å². The van der Waals surface area contributed by atoms with Crippen molar-refractivity contribution in [3.63, 3.8) is 0 Å². The molecule has 0 spiro atoms. The lowest BCUT2D eigenvalue weighted by Gasteiger charge is -2.37. The molecule has 534 valence electrons. The van der Waals surface area contributed by atoms with Crippen LogP contribution in [0.3, 0.4) is 0 Å². The third kappa shape index (κ3) is 18.8. The molecule has 29 heteroatoms. The zero-order valence-corrected chi connectivity index (χ0v) is 59.3. The second kappa shape index (κ2) is 31.9. The topological polar surface area (TPSA) is 429 Å². The molecule has 2 aliphatic heterocycles. The van der Waals surface area contributed by atoms with E-state index in [9.17, 15) is 60.6 Å². The molecule has 27 nitrogen and oxygen atoms in total. The van der Waals surface area contributed by atoms with E-state index < -0.39 is 133 Å². The highest BCUT2D eigenvalue weighted by Gasteiger charge is 2.41. The van der Waals surface area contributed by atoms with Gasteiger partial charge in [0.2, 0.25) is 41.5 Å². The maximum atomic E-state index is 14.8. The third-order valence-corrected chi connectivity index (χ3v) is 21.0. The van der Waals surface area contributed by atoms with Crippen molar-refractivity contribution in [3.05, 3.63) is 152 Å². The number of ether oxygens (including phenoxy) is 2. The van der Waals surface area contributed by atoms with E-state index in [1.54, 1.807) is 41.5 Å². The molecule has 5 aromatic carbocycles. The van der Waals surface area contributed by atoms with E-state index in [4.69, 9.17) is 26.0 Å². The van der Waals surface area contributed by atoms with Gasteiger partial charge in [-0.25, -0.2) is 31.1 Å². The summed E-state index contributed by atoms with van der Waals surface area (Å²) in [5.41, 5.74) is 10.9. The van der Waals surface area contributed by atoms with Crippen LogP contribution in [0, 0.1) is 52.4 Å². The van der Waals surface area contributed by atoms with E-state index >= 15 is 0 Å². The first kappa shape index (κ1) is 76.8. The van der Waals surface area contributed by atoms with Gasteiger partial charge in [-0.2, -0.15) is 0 Å². The number of aliphatic carboxylic acids is 2. The van der Waals surface area contributed by atoms with E-state index in [1.165, 1.54) is 6.92 Å². The van der Waals surface area contributed by atoms with Crippen LogP contribution in [0.5, 0.6) is 11.5 Å². The zero-order valence-electron chi connectivity index (χ0n) is 57.6. The highest BCUT2D eigenvalue weighted by Crippen LogP contribution is 2.45. The molecule has 0 saturated carbocycles. The van der Waals surface area contributed by atoms with Crippen LogP contribution in [0.15, 0.2) is 101 Å². The average molecular weight is 1410 g/mol. The van der Waals surface area contributed by atoms with Gasteiger partial charge in [0.1, 0.15) is 52.4 Å². The van der Waals surface area contributed by atoms with Gasteiger partial charge >= 0.3 is 11.9 Å². The Labute approximate surface area is 577 Å². The van der Waals surface area contributed by atoms with E-state index in [-0.39, 0.29) is 61.4 Å². The molecule has 2 heterocycles. The molecule has 5 atom stereocenters. The van der Waals surface area contributed by atoms with Gasteiger partial charge in [0.05, 0.1) is 15.8 Å². The fourth-order valence-corrected chi connectivity index (χ4v) is 15.6. The number of guanidine groups is 2. The van der Waals surface area contributed by atoms with Gasteiger partial charge in [0.15, 0.2) is 0 Å². The molecule has 0 radical (unpaired) electrons. The minimum atomic E-state index is -4.38. The second-order valence-corrected chi connectivity index (χ2v) is 29.7. The largest absolute Gasteiger partial charge is 0.487 e. The van der Waals surface area contributed by atoms with Gasteiger partial charge in [-0.05, 0) is 165 Å². The van der Waals surface area contributed by atoms with Crippen LogP contribution in [-0.4, -0.2) is 135 Å². The lowest BCUT2D eigenvalue weighted by Crippen LogP contribution is -2.58. The maximum Gasteiger partial charge on any atom is 0.326 e. The number of nitrogens with two attached hydrogens (primary N) is 1. The Morgan fingerprint density at radius 3 is 1.30 bits per heavy atom. The molecular formula is C70H92N12O15S2. The highest BCUT2D eigenvalue weighted by atomic mass is 32.2. The molecular weight excluding hydrogens is 1310 g/mol. The number of carboxylic acids is 2. The van der Waals surface area contributed by atoms with Crippen LogP contribution in [-0.2, 0) is 72.0 Å². The number of rotatable bonds is 31. The SMILES string of the molecule is Cc1c(C)c(S(=O)(=O)NC(=N)NCCC[C@H](NC(=O)[C@H](CCCNC(=N)NS(=O)(=O)c2c(C)c(C)c3c(c2C)CC(C)(C)O3)NC(=O)[C@@H](N)CCC(=O)NC(c2ccccc2)(c2ccccc2)c2ccccc2)C(=O)N[C@@H](C)C(=O)N[C@@H](CCC(=O)O)C(=O)O)c(C)c2c1OC(C)(C)C2. The van der Waals surface area contributed by atoms with Crippen molar-refractivity contribution in [2.75, 3.05) is 13.1 Å². The molecule has 15 N–H and O–H groups in total. The predicted octanol–water partition coefficient (Wildman–Crippen LogP) is 4.95. The summed E-state index contributed by atoms with van der Waals surface area (Å²) in [4.78, 5) is 94.6. The number of carboxylic acid groups (broad SMARTS) is 2. The summed E-state index contributed by atoms with van der Waals surface area (Å²) < 4.78 is 73.0. The summed E-state index contributed by atoms with van der Waals surface area (Å²) in [6.07, 6.45) is -1.41. The van der Waals surface area contributed by atoms with E-state index in [1.807, 2.05) is 119 Å². The standard InChI is InChI=1S/C70H92N12O15S2/c1-39-41(3)59(43(5)49-37-68(8,9)96-57(39)49)98(92,93)81-66(72)74-35-21-29-52(63(88)76-45(7)61(86)79-54(65(90)91)32-34-56(84)85)78-64(89)53(30-22-36-75-67(73)82-99(94,95)60-42(4)40(2)58-50(44(60)6)38-69(10,11)97-58)77-62(87)51(71)31-33-55(83)80-70(46-23-15-12-16-24-46,47-25-17-13-18-26-47)48-27-19-14-20-28-48/h12-20,23-28,45,51-54H,21-22,29-38,71H2,1-11H3,(H,76,88)(H,77,87)(H,78,89)(H,79,86)(H,80,83)(H,84,85)(H,90,91)(H3,72,74,81)(H3,73,75,82)/t45-,51-,52-,53-,54-/m0/s1. The van der Waals surface area contributed by atoms with E-state index in [2.05, 4.69) is 46.7 Å². The number of amides is 5. The van der Waals surface area contributed by atoms with Gasteiger partial charge in [-0.3, -0.25) is 39.6 Å². The smallest absolute Gasteiger partial charge is 0.326 e. The Morgan fingerprint density at radius 1 is 0.525 bits per heavy atom. The number of carbonyl (C=O) groups is 7. The molecule has 0 saturated heterocycles. The lowest BCUT2D eigenvalue weighted by molar-refractivity contribution is -0.143. The van der Waals surface area contributed by atoms with Crippen LogP contribution in [0.25, 0.3) is 0 Å². The molecule has 0 aliphatic carbocycles. The zero-order chi connectivity index (χ0) is 73.1. The molecule has 0 unspecified atom stereocenters. The number of carbonyl (C=O) groups excluding carboxylic acids is 5. The van der Waals surface area contributed by atoms with Gasteiger partial charge in [0.25, 0.3) is 20.0 Å². The van der Waals surface area contributed by atoms with Crippen LogP contribution in [0.4, 0.5) is 0 Å². The van der Waals surface area contributed by atoms with Crippen molar-refractivity contribution in [3.8, 4) is 11.5 Å². The molecule has 0 bridgehead atoms. The Kier molecular flexibility index (Phi) is 24.8. The Morgan fingerprint density at radius 2 is 0.909 bits per heavy atom. The fraction of sp³-hybridized carbons (Fsp3) is 0.443. The minimum absolute atomic E-state index is 0.0125. The summed E-state index contributed by atoms with van der Waals surface area (Å²) in [7, 11) is -8.75. The van der Waals surface area contributed by atoms with E-state index in [0.717, 1.165) is 27.8 Å². The Hall–Kier alpha value is -9.61. The molecule has 7 rings (SSSR count). The van der Waals surface area contributed by atoms with Gasteiger partial charge in [0, 0.05) is 49.9 Å².